The highest BCUT2D eigenvalue weighted by molar-refractivity contribution is 5.79. The first kappa shape index (κ1) is 12.0. The lowest BCUT2D eigenvalue weighted by molar-refractivity contribution is -0.130. The second kappa shape index (κ2) is 5.11. The van der Waals surface area contributed by atoms with Crippen LogP contribution >= 0.6 is 0 Å². The summed E-state index contributed by atoms with van der Waals surface area (Å²) in [5.74, 6) is -0.208. The molecule has 15 heavy (non-hydrogen) atoms. The van der Waals surface area contributed by atoms with Gasteiger partial charge in [0.05, 0.1) is 6.04 Å². The van der Waals surface area contributed by atoms with Gasteiger partial charge in [0, 0.05) is 26.1 Å². The number of nitrogens with zero attached hydrogens (tertiary/aromatic N) is 1. The summed E-state index contributed by atoms with van der Waals surface area (Å²) in [5, 5.41) is 3.17. The Labute approximate surface area is 90.0 Å². The smallest absolute Gasteiger partial charge is 0.234 e. The van der Waals surface area contributed by atoms with E-state index in [1.807, 2.05) is 4.90 Å². The standard InChI is InChI=1S/C10H19N3O2/c1-7(10(11)15)12-9-3-5-13(6-4-9)8(2)14/h7,9,12H,3-6H2,1-2H3,(H2,11,15). The molecule has 0 radical (unpaired) electrons. The first-order chi connectivity index (χ1) is 7.00. The van der Waals surface area contributed by atoms with Gasteiger partial charge in [0.15, 0.2) is 0 Å². The van der Waals surface area contributed by atoms with Crippen LogP contribution in [-0.2, 0) is 9.59 Å². The van der Waals surface area contributed by atoms with Crippen molar-refractivity contribution in [1.82, 2.24) is 10.2 Å². The van der Waals surface area contributed by atoms with Crippen LogP contribution in [0.2, 0.25) is 0 Å². The molecule has 1 fully saturated rings. The molecule has 86 valence electrons. The Hall–Kier alpha value is -1.10. The Morgan fingerprint density at radius 2 is 1.93 bits per heavy atom. The minimum atomic E-state index is -0.330. The summed E-state index contributed by atoms with van der Waals surface area (Å²) in [7, 11) is 0. The van der Waals surface area contributed by atoms with E-state index < -0.39 is 0 Å². The zero-order chi connectivity index (χ0) is 11.4. The first-order valence-corrected chi connectivity index (χ1v) is 5.31. The number of carbonyl (C=O) groups excluding carboxylic acids is 2. The van der Waals surface area contributed by atoms with Crippen LogP contribution in [0.5, 0.6) is 0 Å². The fourth-order valence-electron chi connectivity index (χ4n) is 1.80. The van der Waals surface area contributed by atoms with E-state index >= 15 is 0 Å². The SMILES string of the molecule is CC(=O)N1CCC(NC(C)C(N)=O)CC1. The van der Waals surface area contributed by atoms with Crippen molar-refractivity contribution in [2.24, 2.45) is 5.73 Å². The number of hydrogen-bond donors (Lipinski definition) is 2. The minimum absolute atomic E-state index is 0.122. The van der Waals surface area contributed by atoms with Gasteiger partial charge in [-0.2, -0.15) is 0 Å². The van der Waals surface area contributed by atoms with Gasteiger partial charge >= 0.3 is 0 Å². The number of amides is 2. The molecular weight excluding hydrogens is 194 g/mol. The summed E-state index contributed by atoms with van der Waals surface area (Å²) in [5.41, 5.74) is 5.16. The van der Waals surface area contributed by atoms with Crippen LogP contribution in [-0.4, -0.2) is 41.9 Å². The van der Waals surface area contributed by atoms with Crippen molar-refractivity contribution in [3.63, 3.8) is 0 Å². The van der Waals surface area contributed by atoms with E-state index in [4.69, 9.17) is 5.73 Å². The summed E-state index contributed by atoms with van der Waals surface area (Å²) >= 11 is 0. The Morgan fingerprint density at radius 3 is 2.33 bits per heavy atom. The van der Waals surface area contributed by atoms with Gasteiger partial charge < -0.3 is 16.0 Å². The molecule has 3 N–H and O–H groups in total. The zero-order valence-corrected chi connectivity index (χ0v) is 9.32. The molecule has 1 rings (SSSR count). The number of nitrogens with two attached hydrogens (primary N) is 1. The van der Waals surface area contributed by atoms with Gasteiger partial charge in [-0.25, -0.2) is 0 Å². The molecule has 1 saturated heterocycles. The number of piperidine rings is 1. The van der Waals surface area contributed by atoms with E-state index in [9.17, 15) is 9.59 Å². The van der Waals surface area contributed by atoms with E-state index in [0.717, 1.165) is 25.9 Å². The molecule has 0 spiro atoms. The monoisotopic (exact) mass is 213 g/mol. The quantitative estimate of drug-likeness (QED) is 0.661. The zero-order valence-electron chi connectivity index (χ0n) is 9.32. The molecule has 0 aromatic rings. The van der Waals surface area contributed by atoms with Crippen LogP contribution in [0.15, 0.2) is 0 Å². The van der Waals surface area contributed by atoms with E-state index in [1.165, 1.54) is 0 Å². The number of nitrogens with one attached hydrogen (secondary N) is 1. The van der Waals surface area contributed by atoms with Crippen molar-refractivity contribution in [2.45, 2.75) is 38.8 Å². The van der Waals surface area contributed by atoms with Gasteiger partial charge in [0.2, 0.25) is 11.8 Å². The molecule has 1 aliphatic heterocycles. The van der Waals surface area contributed by atoms with Crippen molar-refractivity contribution in [1.29, 1.82) is 0 Å². The lowest BCUT2D eigenvalue weighted by Gasteiger charge is -2.32. The molecule has 0 bridgehead atoms. The third-order valence-corrected chi connectivity index (χ3v) is 2.85. The highest BCUT2D eigenvalue weighted by Gasteiger charge is 2.22. The second-order valence-corrected chi connectivity index (χ2v) is 4.07. The summed E-state index contributed by atoms with van der Waals surface area (Å²) in [4.78, 5) is 23.7. The molecule has 0 saturated carbocycles. The predicted octanol–water partition coefficient (Wildman–Crippen LogP) is -0.539. The average Bonchev–Trinajstić information content (AvgIpc) is 2.18. The molecule has 1 heterocycles. The molecular formula is C10H19N3O2. The second-order valence-electron chi connectivity index (χ2n) is 4.07. The van der Waals surface area contributed by atoms with Gasteiger partial charge in [0.25, 0.3) is 0 Å². The molecule has 0 aromatic heterocycles. The Morgan fingerprint density at radius 1 is 1.40 bits per heavy atom. The normalized spacial score (nSPS) is 20.0. The van der Waals surface area contributed by atoms with E-state index in [1.54, 1.807) is 13.8 Å². The first-order valence-electron chi connectivity index (χ1n) is 5.31. The van der Waals surface area contributed by atoms with Crippen molar-refractivity contribution in [3.8, 4) is 0 Å². The van der Waals surface area contributed by atoms with Gasteiger partial charge in [-0.15, -0.1) is 0 Å². The highest BCUT2D eigenvalue weighted by atomic mass is 16.2. The molecule has 2 amide bonds. The molecule has 5 nitrogen and oxygen atoms in total. The van der Waals surface area contributed by atoms with Crippen molar-refractivity contribution in [2.75, 3.05) is 13.1 Å². The third-order valence-electron chi connectivity index (χ3n) is 2.85. The summed E-state index contributed by atoms with van der Waals surface area (Å²) < 4.78 is 0. The molecule has 0 aromatic carbocycles. The maximum absolute atomic E-state index is 11.1. The van der Waals surface area contributed by atoms with Gasteiger partial charge in [-0.05, 0) is 19.8 Å². The molecule has 5 heteroatoms. The van der Waals surface area contributed by atoms with Crippen LogP contribution in [0, 0.1) is 0 Å². The van der Waals surface area contributed by atoms with Crippen LogP contribution in [0.4, 0.5) is 0 Å². The lowest BCUT2D eigenvalue weighted by Crippen LogP contribution is -2.50. The van der Waals surface area contributed by atoms with Crippen LogP contribution in [0.25, 0.3) is 0 Å². The van der Waals surface area contributed by atoms with Gasteiger partial charge in [0.1, 0.15) is 0 Å². The average molecular weight is 213 g/mol. The largest absolute Gasteiger partial charge is 0.368 e. The van der Waals surface area contributed by atoms with Crippen LogP contribution in [0.3, 0.4) is 0 Å². The van der Waals surface area contributed by atoms with Crippen LogP contribution < -0.4 is 11.1 Å². The lowest BCUT2D eigenvalue weighted by atomic mass is 10.0. The molecule has 0 aliphatic carbocycles. The Bertz CT molecular complexity index is 247. The summed E-state index contributed by atoms with van der Waals surface area (Å²) in [6.07, 6.45) is 1.77. The predicted molar refractivity (Wildman–Crippen MR) is 57.1 cm³/mol. The molecule has 1 aliphatic rings. The molecule has 1 unspecified atom stereocenters. The van der Waals surface area contributed by atoms with E-state index in [-0.39, 0.29) is 17.9 Å². The molecule has 1 atom stereocenters. The Balaban J connectivity index is 2.31. The number of carbonyl (C=O) groups is 2. The Kier molecular flexibility index (Phi) is 4.08. The number of primary amides is 1. The third kappa shape index (κ3) is 3.51. The highest BCUT2D eigenvalue weighted by Crippen LogP contribution is 2.10. The number of likely N-dealkylation sites (tertiary alicyclic amines) is 1. The minimum Gasteiger partial charge on any atom is -0.368 e. The van der Waals surface area contributed by atoms with Crippen molar-refractivity contribution < 1.29 is 9.59 Å². The summed E-state index contributed by atoms with van der Waals surface area (Å²) in [6, 6.07) is 0.00183. The topological polar surface area (TPSA) is 75.4 Å². The summed E-state index contributed by atoms with van der Waals surface area (Å²) in [6.45, 7) is 4.87. The maximum Gasteiger partial charge on any atom is 0.234 e. The fourth-order valence-corrected chi connectivity index (χ4v) is 1.80. The van der Waals surface area contributed by atoms with E-state index in [0.29, 0.717) is 6.04 Å². The fraction of sp³-hybridized carbons (Fsp3) is 0.800. The van der Waals surface area contributed by atoms with Crippen molar-refractivity contribution in [3.05, 3.63) is 0 Å². The number of rotatable bonds is 3. The van der Waals surface area contributed by atoms with Gasteiger partial charge in [-0.1, -0.05) is 0 Å². The van der Waals surface area contributed by atoms with E-state index in [2.05, 4.69) is 5.32 Å². The number of hydrogen-bond acceptors (Lipinski definition) is 3. The van der Waals surface area contributed by atoms with Crippen LogP contribution in [0.1, 0.15) is 26.7 Å². The van der Waals surface area contributed by atoms with Gasteiger partial charge in [-0.3, -0.25) is 9.59 Å². The maximum atomic E-state index is 11.1. The van der Waals surface area contributed by atoms with Crippen molar-refractivity contribution >= 4 is 11.8 Å².